The lowest BCUT2D eigenvalue weighted by Gasteiger charge is -2.31. The van der Waals surface area contributed by atoms with Gasteiger partial charge in [-0.05, 0) is 55.5 Å². The van der Waals surface area contributed by atoms with E-state index in [1.54, 1.807) is 17.0 Å². The number of nitrogens with zero attached hydrogens (tertiary/aromatic N) is 1. The number of benzene rings is 2. The van der Waals surface area contributed by atoms with Crippen LogP contribution in [0.25, 0.3) is 0 Å². The van der Waals surface area contributed by atoms with Crippen molar-refractivity contribution < 1.29 is 9.59 Å². The first kappa shape index (κ1) is 25.9. The van der Waals surface area contributed by atoms with Gasteiger partial charge < -0.3 is 10.2 Å². The molecule has 2 amide bonds. The third-order valence-corrected chi connectivity index (χ3v) is 7.77. The van der Waals surface area contributed by atoms with Crippen molar-refractivity contribution in [2.75, 3.05) is 5.75 Å². The first-order chi connectivity index (χ1) is 15.8. The SMILES string of the molecule is Cc1ccccc1CN(C(=O)CSCc1ccc(Cl)cc1Cl)[C@H](C)C(=O)NC1CCCCC1. The van der Waals surface area contributed by atoms with Crippen LogP contribution in [0.5, 0.6) is 0 Å². The topological polar surface area (TPSA) is 49.4 Å². The third kappa shape index (κ3) is 7.66. The van der Waals surface area contributed by atoms with E-state index in [0.717, 1.165) is 42.4 Å². The molecule has 0 spiro atoms. The smallest absolute Gasteiger partial charge is 0.242 e. The summed E-state index contributed by atoms with van der Waals surface area (Å²) in [6.45, 7) is 4.27. The molecule has 3 rings (SSSR count). The van der Waals surface area contributed by atoms with Gasteiger partial charge in [0.25, 0.3) is 0 Å². The second kappa shape index (κ2) is 12.7. The summed E-state index contributed by atoms with van der Waals surface area (Å²) in [5, 5.41) is 4.37. The second-order valence-electron chi connectivity index (χ2n) is 8.70. The lowest BCUT2D eigenvalue weighted by Crippen LogP contribution is -2.50. The van der Waals surface area contributed by atoms with Crippen LogP contribution in [0.3, 0.4) is 0 Å². The van der Waals surface area contributed by atoms with Crippen LogP contribution in [0.4, 0.5) is 0 Å². The Balaban J connectivity index is 1.67. The predicted molar refractivity (Wildman–Crippen MR) is 139 cm³/mol. The molecule has 0 aliphatic heterocycles. The maximum Gasteiger partial charge on any atom is 0.242 e. The number of rotatable bonds is 9. The summed E-state index contributed by atoms with van der Waals surface area (Å²) in [6, 6.07) is 13.1. The zero-order valence-corrected chi connectivity index (χ0v) is 21.6. The van der Waals surface area contributed by atoms with Gasteiger partial charge in [-0.2, -0.15) is 0 Å². The van der Waals surface area contributed by atoms with Gasteiger partial charge in [0.2, 0.25) is 11.8 Å². The van der Waals surface area contributed by atoms with Crippen LogP contribution in [0.2, 0.25) is 10.0 Å². The van der Waals surface area contributed by atoms with Crippen molar-refractivity contribution in [2.24, 2.45) is 0 Å². The average Bonchev–Trinajstić information content (AvgIpc) is 2.80. The molecule has 1 fully saturated rings. The van der Waals surface area contributed by atoms with Crippen LogP contribution in [-0.4, -0.2) is 34.6 Å². The molecule has 2 aromatic rings. The molecule has 2 aromatic carbocycles. The van der Waals surface area contributed by atoms with Crippen LogP contribution >= 0.6 is 35.0 Å². The Morgan fingerprint density at radius 2 is 1.82 bits per heavy atom. The Morgan fingerprint density at radius 1 is 1.09 bits per heavy atom. The number of aryl methyl sites for hydroxylation is 1. The van der Waals surface area contributed by atoms with Gasteiger partial charge in [-0.1, -0.05) is 72.8 Å². The zero-order chi connectivity index (χ0) is 23.8. The summed E-state index contributed by atoms with van der Waals surface area (Å²) in [5.74, 6) is 0.739. The maximum absolute atomic E-state index is 13.3. The van der Waals surface area contributed by atoms with E-state index in [4.69, 9.17) is 23.2 Å². The van der Waals surface area contributed by atoms with Crippen molar-refractivity contribution >= 4 is 46.8 Å². The van der Waals surface area contributed by atoms with E-state index in [1.807, 2.05) is 44.2 Å². The van der Waals surface area contributed by atoms with Gasteiger partial charge in [-0.15, -0.1) is 11.8 Å². The predicted octanol–water partition coefficient (Wildman–Crippen LogP) is 6.40. The largest absolute Gasteiger partial charge is 0.352 e. The van der Waals surface area contributed by atoms with Crippen LogP contribution in [0, 0.1) is 6.92 Å². The van der Waals surface area contributed by atoms with Crippen molar-refractivity contribution in [1.82, 2.24) is 10.2 Å². The van der Waals surface area contributed by atoms with Gasteiger partial charge in [0.05, 0.1) is 5.75 Å². The minimum absolute atomic E-state index is 0.0559. The summed E-state index contributed by atoms with van der Waals surface area (Å²) < 4.78 is 0. The highest BCUT2D eigenvalue weighted by Crippen LogP contribution is 2.25. The molecule has 1 atom stereocenters. The maximum atomic E-state index is 13.3. The highest BCUT2D eigenvalue weighted by Gasteiger charge is 2.28. The summed E-state index contributed by atoms with van der Waals surface area (Å²) in [6.07, 6.45) is 5.56. The van der Waals surface area contributed by atoms with Crippen LogP contribution in [-0.2, 0) is 21.9 Å². The van der Waals surface area contributed by atoms with Crippen molar-refractivity contribution in [3.05, 3.63) is 69.2 Å². The van der Waals surface area contributed by atoms with Gasteiger partial charge in [0.15, 0.2) is 0 Å². The lowest BCUT2D eigenvalue weighted by atomic mass is 9.95. The first-order valence-corrected chi connectivity index (χ1v) is 13.4. The summed E-state index contributed by atoms with van der Waals surface area (Å²) in [5.41, 5.74) is 3.09. The van der Waals surface area contributed by atoms with Crippen LogP contribution < -0.4 is 5.32 Å². The minimum atomic E-state index is -0.543. The highest BCUT2D eigenvalue weighted by atomic mass is 35.5. The van der Waals surface area contributed by atoms with E-state index < -0.39 is 6.04 Å². The van der Waals surface area contributed by atoms with E-state index >= 15 is 0 Å². The van der Waals surface area contributed by atoms with E-state index in [9.17, 15) is 9.59 Å². The Kier molecular flexibility index (Phi) is 9.96. The number of hydrogen-bond donors (Lipinski definition) is 1. The van der Waals surface area contributed by atoms with Gasteiger partial charge in [-0.25, -0.2) is 0 Å². The molecule has 0 saturated heterocycles. The normalized spacial score (nSPS) is 15.2. The number of thioether (sulfide) groups is 1. The van der Waals surface area contributed by atoms with E-state index in [0.29, 0.717) is 22.3 Å². The Labute approximate surface area is 211 Å². The van der Waals surface area contributed by atoms with E-state index in [2.05, 4.69) is 5.32 Å². The minimum Gasteiger partial charge on any atom is -0.352 e. The molecule has 0 heterocycles. The Morgan fingerprint density at radius 3 is 2.52 bits per heavy atom. The number of carbonyl (C=O) groups excluding carboxylic acids is 2. The molecule has 0 aromatic heterocycles. The van der Waals surface area contributed by atoms with Crippen LogP contribution in [0.15, 0.2) is 42.5 Å². The fraction of sp³-hybridized carbons (Fsp3) is 0.462. The lowest BCUT2D eigenvalue weighted by molar-refractivity contribution is -0.139. The van der Waals surface area contributed by atoms with Gasteiger partial charge >= 0.3 is 0 Å². The average molecular weight is 508 g/mol. The fourth-order valence-electron chi connectivity index (χ4n) is 4.09. The van der Waals surface area contributed by atoms with Crippen LogP contribution in [0.1, 0.15) is 55.7 Å². The van der Waals surface area contributed by atoms with Crippen molar-refractivity contribution in [3.63, 3.8) is 0 Å². The molecule has 178 valence electrons. The Hall–Kier alpha value is -1.69. The third-order valence-electron chi connectivity index (χ3n) is 6.22. The number of amides is 2. The van der Waals surface area contributed by atoms with Gasteiger partial charge in [-0.3, -0.25) is 9.59 Å². The molecular weight excluding hydrogens is 475 g/mol. The van der Waals surface area contributed by atoms with Gasteiger partial charge in [0, 0.05) is 28.4 Å². The monoisotopic (exact) mass is 506 g/mol. The second-order valence-corrected chi connectivity index (χ2v) is 10.5. The molecule has 0 bridgehead atoms. The molecule has 4 nitrogen and oxygen atoms in total. The van der Waals surface area contributed by atoms with Crippen molar-refractivity contribution in [1.29, 1.82) is 0 Å². The highest BCUT2D eigenvalue weighted by molar-refractivity contribution is 7.99. The molecule has 33 heavy (non-hydrogen) atoms. The molecule has 1 saturated carbocycles. The van der Waals surface area contributed by atoms with Gasteiger partial charge in [0.1, 0.15) is 6.04 Å². The Bertz CT molecular complexity index is 963. The zero-order valence-electron chi connectivity index (χ0n) is 19.3. The summed E-state index contributed by atoms with van der Waals surface area (Å²) in [7, 11) is 0. The molecule has 1 aliphatic carbocycles. The molecule has 0 radical (unpaired) electrons. The number of hydrogen-bond acceptors (Lipinski definition) is 3. The fourth-order valence-corrected chi connectivity index (χ4v) is 5.56. The number of halogens is 2. The molecule has 1 N–H and O–H groups in total. The summed E-state index contributed by atoms with van der Waals surface area (Å²) >= 11 is 13.7. The molecular formula is C26H32Cl2N2O2S. The molecule has 0 unspecified atom stereocenters. The van der Waals surface area contributed by atoms with E-state index in [-0.39, 0.29) is 23.6 Å². The van der Waals surface area contributed by atoms with Crippen molar-refractivity contribution in [3.8, 4) is 0 Å². The van der Waals surface area contributed by atoms with Crippen molar-refractivity contribution in [2.45, 2.75) is 70.3 Å². The molecule has 1 aliphatic rings. The summed E-state index contributed by atoms with van der Waals surface area (Å²) in [4.78, 5) is 28.1. The standard InChI is InChI=1S/C26H32Cl2N2O2S/c1-18-8-6-7-9-20(18)15-30(19(2)26(32)29-23-10-4-3-5-11-23)25(31)17-33-16-21-12-13-22(27)14-24(21)28/h6-9,12-14,19,23H,3-5,10-11,15-17H2,1-2H3,(H,29,32)/t19-/m1/s1. The number of nitrogens with one attached hydrogen (secondary N) is 1. The first-order valence-electron chi connectivity index (χ1n) is 11.5. The molecule has 7 heteroatoms. The quantitative estimate of drug-likeness (QED) is 0.427. The van der Waals surface area contributed by atoms with E-state index in [1.165, 1.54) is 18.2 Å². The number of carbonyl (C=O) groups is 2.